The summed E-state index contributed by atoms with van der Waals surface area (Å²) in [5.41, 5.74) is 2.35. The van der Waals surface area contributed by atoms with Crippen LogP contribution in [-0.2, 0) is 12.8 Å². The SMILES string of the molecule is CCCNC(Cc1cc(CCC)ncn1)CC(C)C. The molecule has 1 heterocycles. The van der Waals surface area contributed by atoms with Gasteiger partial charge in [-0.1, -0.05) is 34.1 Å². The number of rotatable bonds is 9. The van der Waals surface area contributed by atoms with Gasteiger partial charge in [-0.2, -0.15) is 0 Å². The lowest BCUT2D eigenvalue weighted by Crippen LogP contribution is -2.33. The lowest BCUT2D eigenvalue weighted by molar-refractivity contribution is 0.413. The van der Waals surface area contributed by atoms with Crippen LogP contribution in [0, 0.1) is 5.92 Å². The van der Waals surface area contributed by atoms with Gasteiger partial charge >= 0.3 is 0 Å². The molecule has 1 aromatic heterocycles. The highest BCUT2D eigenvalue weighted by molar-refractivity contribution is 5.09. The first kappa shape index (κ1) is 16.1. The van der Waals surface area contributed by atoms with Crippen LogP contribution in [0.25, 0.3) is 0 Å². The first-order valence-electron chi connectivity index (χ1n) is 7.68. The lowest BCUT2D eigenvalue weighted by Gasteiger charge is -2.20. The summed E-state index contributed by atoms with van der Waals surface area (Å²) >= 11 is 0. The van der Waals surface area contributed by atoms with E-state index in [-0.39, 0.29) is 0 Å². The van der Waals surface area contributed by atoms with E-state index in [2.05, 4.69) is 49.0 Å². The van der Waals surface area contributed by atoms with Crippen molar-refractivity contribution in [1.82, 2.24) is 15.3 Å². The molecule has 1 atom stereocenters. The summed E-state index contributed by atoms with van der Waals surface area (Å²) < 4.78 is 0. The maximum absolute atomic E-state index is 4.43. The highest BCUT2D eigenvalue weighted by atomic mass is 14.9. The smallest absolute Gasteiger partial charge is 0.115 e. The minimum atomic E-state index is 0.532. The highest BCUT2D eigenvalue weighted by Gasteiger charge is 2.12. The molecular formula is C16H29N3. The summed E-state index contributed by atoms with van der Waals surface area (Å²) in [6, 6.07) is 2.70. The molecule has 0 aromatic carbocycles. The van der Waals surface area contributed by atoms with Gasteiger partial charge in [0.05, 0.1) is 0 Å². The van der Waals surface area contributed by atoms with Gasteiger partial charge in [0.15, 0.2) is 0 Å². The van der Waals surface area contributed by atoms with Crippen molar-refractivity contribution in [1.29, 1.82) is 0 Å². The molecule has 0 aliphatic heterocycles. The van der Waals surface area contributed by atoms with Crippen molar-refractivity contribution in [3.63, 3.8) is 0 Å². The van der Waals surface area contributed by atoms with Crippen LogP contribution in [0.4, 0.5) is 0 Å². The van der Waals surface area contributed by atoms with Crippen LogP contribution in [0.3, 0.4) is 0 Å². The molecule has 108 valence electrons. The van der Waals surface area contributed by atoms with Gasteiger partial charge in [0, 0.05) is 23.9 Å². The number of aromatic nitrogens is 2. The second-order valence-electron chi connectivity index (χ2n) is 5.74. The fraction of sp³-hybridized carbons (Fsp3) is 0.750. The third-order valence-corrected chi connectivity index (χ3v) is 3.18. The maximum atomic E-state index is 4.43. The Kier molecular flexibility index (Phi) is 7.65. The Morgan fingerprint density at radius 1 is 1.11 bits per heavy atom. The largest absolute Gasteiger partial charge is 0.314 e. The van der Waals surface area contributed by atoms with Crippen LogP contribution in [-0.4, -0.2) is 22.6 Å². The fourth-order valence-electron chi connectivity index (χ4n) is 2.36. The molecule has 0 bridgehead atoms. The molecule has 1 aromatic rings. The molecule has 1 N–H and O–H groups in total. The molecule has 0 aliphatic rings. The van der Waals surface area contributed by atoms with Crippen molar-refractivity contribution in [3.8, 4) is 0 Å². The topological polar surface area (TPSA) is 37.8 Å². The molecule has 19 heavy (non-hydrogen) atoms. The lowest BCUT2D eigenvalue weighted by atomic mass is 9.99. The summed E-state index contributed by atoms with van der Waals surface area (Å²) in [4.78, 5) is 8.75. The molecule has 0 radical (unpaired) electrons. The van der Waals surface area contributed by atoms with Crippen molar-refractivity contribution >= 4 is 0 Å². The van der Waals surface area contributed by atoms with Crippen molar-refractivity contribution in [2.45, 2.75) is 65.8 Å². The standard InChI is InChI=1S/C16H29N3/c1-5-7-14-10-16(19-12-18-14)11-15(9-13(3)4)17-8-6-2/h10,12-13,15,17H,5-9,11H2,1-4H3. The Morgan fingerprint density at radius 2 is 1.84 bits per heavy atom. The van der Waals surface area contributed by atoms with Crippen LogP contribution in [0.15, 0.2) is 12.4 Å². The van der Waals surface area contributed by atoms with Crippen molar-refractivity contribution in [2.24, 2.45) is 5.92 Å². The van der Waals surface area contributed by atoms with Crippen molar-refractivity contribution in [2.75, 3.05) is 6.54 Å². The van der Waals surface area contributed by atoms with E-state index >= 15 is 0 Å². The van der Waals surface area contributed by atoms with Crippen LogP contribution >= 0.6 is 0 Å². The predicted octanol–water partition coefficient (Wildman–Crippen LogP) is 3.39. The summed E-state index contributed by atoms with van der Waals surface area (Å²) in [5.74, 6) is 0.714. The van der Waals surface area contributed by atoms with Crippen LogP contribution in [0.2, 0.25) is 0 Å². The highest BCUT2D eigenvalue weighted by Crippen LogP contribution is 2.11. The van der Waals surface area contributed by atoms with Gasteiger partial charge in [-0.15, -0.1) is 0 Å². The molecule has 3 nitrogen and oxygen atoms in total. The van der Waals surface area contributed by atoms with Gasteiger partial charge in [0.25, 0.3) is 0 Å². The molecule has 0 amide bonds. The second-order valence-corrected chi connectivity index (χ2v) is 5.74. The van der Waals surface area contributed by atoms with E-state index in [0.717, 1.165) is 25.8 Å². The minimum absolute atomic E-state index is 0.532. The first-order valence-corrected chi connectivity index (χ1v) is 7.68. The summed E-state index contributed by atoms with van der Waals surface area (Å²) in [5, 5.41) is 3.64. The number of aryl methyl sites for hydroxylation is 1. The van der Waals surface area contributed by atoms with E-state index in [9.17, 15) is 0 Å². The number of nitrogens with zero attached hydrogens (tertiary/aromatic N) is 2. The molecule has 0 fully saturated rings. The Labute approximate surface area is 118 Å². The van der Waals surface area contributed by atoms with Gasteiger partial charge in [-0.05, 0) is 37.8 Å². The van der Waals surface area contributed by atoms with Gasteiger partial charge < -0.3 is 5.32 Å². The third-order valence-electron chi connectivity index (χ3n) is 3.18. The Morgan fingerprint density at radius 3 is 2.47 bits per heavy atom. The zero-order valence-corrected chi connectivity index (χ0v) is 12.9. The van der Waals surface area contributed by atoms with Crippen LogP contribution in [0.1, 0.15) is 58.3 Å². The molecule has 1 unspecified atom stereocenters. The van der Waals surface area contributed by atoms with E-state index in [4.69, 9.17) is 0 Å². The molecule has 0 spiro atoms. The minimum Gasteiger partial charge on any atom is -0.314 e. The molecular weight excluding hydrogens is 234 g/mol. The second kappa shape index (κ2) is 9.03. The van der Waals surface area contributed by atoms with E-state index < -0.39 is 0 Å². The average Bonchev–Trinajstić information content (AvgIpc) is 2.36. The van der Waals surface area contributed by atoms with Gasteiger partial charge in [-0.3, -0.25) is 0 Å². The van der Waals surface area contributed by atoms with E-state index in [1.54, 1.807) is 6.33 Å². The Bertz CT molecular complexity index is 350. The molecule has 3 heteroatoms. The van der Waals surface area contributed by atoms with Gasteiger partial charge in [-0.25, -0.2) is 9.97 Å². The third kappa shape index (κ3) is 6.67. The maximum Gasteiger partial charge on any atom is 0.115 e. The summed E-state index contributed by atoms with van der Waals surface area (Å²) in [6.07, 6.45) is 7.29. The quantitative estimate of drug-likeness (QED) is 0.742. The van der Waals surface area contributed by atoms with Crippen molar-refractivity contribution < 1.29 is 0 Å². The van der Waals surface area contributed by atoms with Gasteiger partial charge in [0.2, 0.25) is 0 Å². The molecule has 1 rings (SSSR count). The molecule has 0 saturated carbocycles. The van der Waals surface area contributed by atoms with E-state index in [1.165, 1.54) is 24.2 Å². The van der Waals surface area contributed by atoms with Crippen LogP contribution in [0.5, 0.6) is 0 Å². The summed E-state index contributed by atoms with van der Waals surface area (Å²) in [7, 11) is 0. The predicted molar refractivity (Wildman–Crippen MR) is 81.3 cm³/mol. The summed E-state index contributed by atoms with van der Waals surface area (Å²) in [6.45, 7) is 10.0. The molecule has 0 saturated heterocycles. The Balaban J connectivity index is 2.63. The monoisotopic (exact) mass is 263 g/mol. The zero-order chi connectivity index (χ0) is 14.1. The number of nitrogens with one attached hydrogen (secondary N) is 1. The molecule has 0 aliphatic carbocycles. The van der Waals surface area contributed by atoms with Crippen LogP contribution < -0.4 is 5.32 Å². The number of hydrogen-bond acceptors (Lipinski definition) is 3. The normalized spacial score (nSPS) is 12.9. The average molecular weight is 263 g/mol. The number of hydrogen-bond donors (Lipinski definition) is 1. The van der Waals surface area contributed by atoms with Crippen molar-refractivity contribution in [3.05, 3.63) is 23.8 Å². The van der Waals surface area contributed by atoms with E-state index in [1.807, 2.05) is 0 Å². The zero-order valence-electron chi connectivity index (χ0n) is 12.9. The first-order chi connectivity index (χ1) is 9.15. The van der Waals surface area contributed by atoms with Gasteiger partial charge in [0.1, 0.15) is 6.33 Å². The Hall–Kier alpha value is -0.960. The fourth-order valence-corrected chi connectivity index (χ4v) is 2.36. The van der Waals surface area contributed by atoms with E-state index in [0.29, 0.717) is 12.0 Å².